The van der Waals surface area contributed by atoms with Crippen LogP contribution in [0.15, 0.2) is 11.6 Å². The van der Waals surface area contributed by atoms with E-state index in [1.165, 1.54) is 17.8 Å². The lowest BCUT2D eigenvalue weighted by atomic mass is 10.4. The van der Waals surface area contributed by atoms with Crippen LogP contribution in [0.3, 0.4) is 0 Å². The standard InChI is InChI=1S/C6H9NS.C3H8/c1-2-3-6-7-4-5-8-6;1-3-2/h4-5H,2-3H2,1H3;3H2,1-2H3. The molecule has 0 radical (unpaired) electrons. The van der Waals surface area contributed by atoms with Gasteiger partial charge in [0, 0.05) is 11.6 Å². The van der Waals surface area contributed by atoms with E-state index in [9.17, 15) is 0 Å². The van der Waals surface area contributed by atoms with Gasteiger partial charge in [-0.25, -0.2) is 4.98 Å². The zero-order chi connectivity index (χ0) is 8.53. The van der Waals surface area contributed by atoms with Crippen molar-refractivity contribution < 1.29 is 0 Å². The SMILES string of the molecule is CCC.CCCc1nccs1. The Morgan fingerprint density at radius 3 is 2.36 bits per heavy atom. The molecule has 64 valence electrons. The van der Waals surface area contributed by atoms with Crippen LogP contribution in [0.25, 0.3) is 0 Å². The molecule has 1 rings (SSSR count). The van der Waals surface area contributed by atoms with Gasteiger partial charge in [-0.05, 0) is 12.8 Å². The maximum atomic E-state index is 4.12. The fourth-order valence-corrected chi connectivity index (χ4v) is 1.31. The first-order valence-corrected chi connectivity index (χ1v) is 5.11. The van der Waals surface area contributed by atoms with E-state index in [0.29, 0.717) is 0 Å². The first-order valence-electron chi connectivity index (χ1n) is 4.23. The average molecular weight is 171 g/mol. The van der Waals surface area contributed by atoms with Gasteiger partial charge in [0.15, 0.2) is 0 Å². The van der Waals surface area contributed by atoms with Crippen molar-refractivity contribution in [2.45, 2.75) is 40.0 Å². The minimum absolute atomic E-state index is 1.14. The summed E-state index contributed by atoms with van der Waals surface area (Å²) in [6.07, 6.45) is 5.45. The van der Waals surface area contributed by atoms with Crippen LogP contribution in [0.4, 0.5) is 0 Å². The Kier molecular flexibility index (Phi) is 7.47. The molecule has 0 atom stereocenters. The maximum absolute atomic E-state index is 4.12. The smallest absolute Gasteiger partial charge is 0.0924 e. The predicted octanol–water partition coefficient (Wildman–Crippen LogP) is 3.51. The van der Waals surface area contributed by atoms with Crippen LogP contribution in [0, 0.1) is 0 Å². The van der Waals surface area contributed by atoms with Gasteiger partial charge in [-0.15, -0.1) is 11.3 Å². The molecule has 11 heavy (non-hydrogen) atoms. The predicted molar refractivity (Wildman–Crippen MR) is 52.1 cm³/mol. The van der Waals surface area contributed by atoms with Crippen LogP contribution in [-0.2, 0) is 6.42 Å². The summed E-state index contributed by atoms with van der Waals surface area (Å²) in [6.45, 7) is 6.42. The lowest BCUT2D eigenvalue weighted by Crippen LogP contribution is -1.76. The van der Waals surface area contributed by atoms with Crippen LogP contribution in [-0.4, -0.2) is 4.98 Å². The molecule has 1 aromatic rings. The summed E-state index contributed by atoms with van der Waals surface area (Å²) >= 11 is 1.74. The lowest BCUT2D eigenvalue weighted by Gasteiger charge is -1.84. The molecule has 1 aromatic heterocycles. The Labute approximate surface area is 73.5 Å². The second-order valence-electron chi connectivity index (χ2n) is 2.38. The Morgan fingerprint density at radius 1 is 1.36 bits per heavy atom. The van der Waals surface area contributed by atoms with Crippen molar-refractivity contribution >= 4 is 11.3 Å². The molecule has 0 unspecified atom stereocenters. The second-order valence-corrected chi connectivity index (χ2v) is 3.36. The van der Waals surface area contributed by atoms with Crippen molar-refractivity contribution in [3.8, 4) is 0 Å². The minimum Gasteiger partial charge on any atom is -0.250 e. The van der Waals surface area contributed by atoms with Crippen LogP contribution in [0.1, 0.15) is 38.6 Å². The Morgan fingerprint density at radius 2 is 2.00 bits per heavy atom. The van der Waals surface area contributed by atoms with Gasteiger partial charge in [0.05, 0.1) is 5.01 Å². The monoisotopic (exact) mass is 171 g/mol. The molecule has 0 amide bonds. The average Bonchev–Trinajstić information content (AvgIpc) is 2.42. The van der Waals surface area contributed by atoms with Crippen molar-refractivity contribution in [3.05, 3.63) is 16.6 Å². The van der Waals surface area contributed by atoms with E-state index in [1.807, 2.05) is 11.6 Å². The molecule has 0 fully saturated rings. The Bertz CT molecular complexity index is 147. The third-order valence-electron chi connectivity index (χ3n) is 0.947. The fourth-order valence-electron chi connectivity index (χ4n) is 0.590. The van der Waals surface area contributed by atoms with Crippen molar-refractivity contribution in [2.75, 3.05) is 0 Å². The molecule has 1 heterocycles. The van der Waals surface area contributed by atoms with E-state index in [0.717, 1.165) is 6.42 Å². The number of thiazole rings is 1. The lowest BCUT2D eigenvalue weighted by molar-refractivity contribution is 0.909. The molecule has 0 saturated carbocycles. The fraction of sp³-hybridized carbons (Fsp3) is 0.667. The number of hydrogen-bond acceptors (Lipinski definition) is 2. The number of hydrogen-bond donors (Lipinski definition) is 0. The van der Waals surface area contributed by atoms with Gasteiger partial charge in [0.2, 0.25) is 0 Å². The van der Waals surface area contributed by atoms with Gasteiger partial charge in [-0.1, -0.05) is 27.2 Å². The van der Waals surface area contributed by atoms with E-state index < -0.39 is 0 Å². The summed E-state index contributed by atoms with van der Waals surface area (Å²) in [7, 11) is 0. The number of aryl methyl sites for hydroxylation is 1. The van der Waals surface area contributed by atoms with E-state index in [1.54, 1.807) is 11.3 Å². The molecular formula is C9H17NS. The molecule has 2 heteroatoms. The van der Waals surface area contributed by atoms with Crippen LogP contribution >= 0.6 is 11.3 Å². The van der Waals surface area contributed by atoms with Gasteiger partial charge in [-0.3, -0.25) is 0 Å². The molecule has 0 bridgehead atoms. The third-order valence-corrected chi connectivity index (χ3v) is 1.79. The second kappa shape index (κ2) is 7.73. The minimum atomic E-state index is 1.14. The highest BCUT2D eigenvalue weighted by atomic mass is 32.1. The van der Waals surface area contributed by atoms with Crippen molar-refractivity contribution in [2.24, 2.45) is 0 Å². The number of aromatic nitrogens is 1. The van der Waals surface area contributed by atoms with Gasteiger partial charge in [0.1, 0.15) is 0 Å². The van der Waals surface area contributed by atoms with Crippen molar-refractivity contribution in [3.63, 3.8) is 0 Å². The Balaban J connectivity index is 0.000000292. The van der Waals surface area contributed by atoms with Gasteiger partial charge in [0.25, 0.3) is 0 Å². The molecule has 0 saturated heterocycles. The van der Waals surface area contributed by atoms with E-state index in [2.05, 4.69) is 25.8 Å². The molecule has 0 aliphatic rings. The van der Waals surface area contributed by atoms with Gasteiger partial charge in [-0.2, -0.15) is 0 Å². The van der Waals surface area contributed by atoms with Gasteiger partial charge >= 0.3 is 0 Å². The molecule has 0 aromatic carbocycles. The molecule has 0 aliphatic heterocycles. The van der Waals surface area contributed by atoms with Crippen LogP contribution < -0.4 is 0 Å². The Hall–Kier alpha value is -0.370. The highest BCUT2D eigenvalue weighted by Gasteiger charge is 1.88. The number of rotatable bonds is 2. The molecular weight excluding hydrogens is 154 g/mol. The molecule has 0 N–H and O–H groups in total. The maximum Gasteiger partial charge on any atom is 0.0924 e. The van der Waals surface area contributed by atoms with E-state index in [-0.39, 0.29) is 0 Å². The normalized spacial score (nSPS) is 8.64. The van der Waals surface area contributed by atoms with Crippen molar-refractivity contribution in [1.82, 2.24) is 4.98 Å². The van der Waals surface area contributed by atoms with Crippen molar-refractivity contribution in [1.29, 1.82) is 0 Å². The molecule has 0 aliphatic carbocycles. The summed E-state index contributed by atoms with van der Waals surface area (Å²) in [5.41, 5.74) is 0. The topological polar surface area (TPSA) is 12.9 Å². The zero-order valence-corrected chi connectivity index (χ0v) is 8.45. The summed E-state index contributed by atoms with van der Waals surface area (Å²) in [4.78, 5) is 4.12. The summed E-state index contributed by atoms with van der Waals surface area (Å²) in [6, 6.07) is 0. The molecule has 1 nitrogen and oxygen atoms in total. The molecule has 0 spiro atoms. The third kappa shape index (κ3) is 6.05. The summed E-state index contributed by atoms with van der Waals surface area (Å²) < 4.78 is 0. The van der Waals surface area contributed by atoms with Gasteiger partial charge < -0.3 is 0 Å². The van der Waals surface area contributed by atoms with E-state index in [4.69, 9.17) is 0 Å². The highest BCUT2D eigenvalue weighted by molar-refractivity contribution is 7.09. The first kappa shape index (κ1) is 10.6. The first-order chi connectivity index (χ1) is 5.35. The zero-order valence-electron chi connectivity index (χ0n) is 7.63. The highest BCUT2D eigenvalue weighted by Crippen LogP contribution is 2.05. The van der Waals surface area contributed by atoms with E-state index >= 15 is 0 Å². The van der Waals surface area contributed by atoms with Crippen LogP contribution in [0.5, 0.6) is 0 Å². The van der Waals surface area contributed by atoms with Crippen LogP contribution in [0.2, 0.25) is 0 Å². The number of nitrogens with zero attached hydrogens (tertiary/aromatic N) is 1. The quantitative estimate of drug-likeness (QED) is 0.663. The summed E-state index contributed by atoms with van der Waals surface area (Å²) in [5.74, 6) is 0. The summed E-state index contributed by atoms with van der Waals surface area (Å²) in [5, 5.41) is 3.28. The largest absolute Gasteiger partial charge is 0.250 e.